The van der Waals surface area contributed by atoms with Crippen molar-refractivity contribution in [2.24, 2.45) is 0 Å². The Hall–Kier alpha value is -1.53. The third kappa shape index (κ3) is 2.85. The van der Waals surface area contributed by atoms with Crippen LogP contribution in [-0.2, 0) is 23.1 Å². The zero-order valence-corrected chi connectivity index (χ0v) is 14.0. The molecule has 5 nitrogen and oxygen atoms in total. The molecule has 0 saturated carbocycles. The van der Waals surface area contributed by atoms with Crippen LogP contribution < -0.4 is 4.72 Å². The lowest BCUT2D eigenvalue weighted by Gasteiger charge is -2.41. The van der Waals surface area contributed by atoms with E-state index >= 15 is 0 Å². The molecule has 1 aromatic rings. The predicted molar refractivity (Wildman–Crippen MR) is 89.9 cm³/mol. The van der Waals surface area contributed by atoms with Crippen molar-refractivity contribution < 1.29 is 8.42 Å². The van der Waals surface area contributed by atoms with E-state index in [-0.39, 0.29) is 6.04 Å². The molecule has 0 spiro atoms. The molecule has 2 aliphatic heterocycles. The van der Waals surface area contributed by atoms with Gasteiger partial charge in [-0.2, -0.15) is 8.42 Å². The summed E-state index contributed by atoms with van der Waals surface area (Å²) in [6.45, 7) is 1.97. The number of aryl methyl sites for hydroxylation is 1. The molecule has 0 amide bonds. The van der Waals surface area contributed by atoms with Gasteiger partial charge in [0, 0.05) is 37.6 Å². The van der Waals surface area contributed by atoms with E-state index in [1.54, 1.807) is 6.20 Å². The zero-order valence-electron chi connectivity index (χ0n) is 13.2. The zero-order chi connectivity index (χ0) is 15.9. The van der Waals surface area contributed by atoms with Gasteiger partial charge >= 0.3 is 10.2 Å². The number of hydrogen-bond acceptors (Lipinski definition) is 3. The Labute approximate surface area is 138 Å². The van der Waals surface area contributed by atoms with Crippen molar-refractivity contribution in [3.63, 3.8) is 0 Å². The van der Waals surface area contributed by atoms with Gasteiger partial charge in [-0.1, -0.05) is 24.3 Å². The summed E-state index contributed by atoms with van der Waals surface area (Å²) in [5.74, 6) is 0. The first-order chi connectivity index (χ1) is 11.1. The van der Waals surface area contributed by atoms with Crippen LogP contribution in [0.4, 0.5) is 0 Å². The molecule has 1 unspecified atom stereocenters. The smallest absolute Gasteiger partial charge is 0.300 e. The molecule has 23 heavy (non-hydrogen) atoms. The molecule has 124 valence electrons. The molecule has 1 fully saturated rings. The lowest BCUT2D eigenvalue weighted by molar-refractivity contribution is 0.120. The van der Waals surface area contributed by atoms with Crippen LogP contribution in [0.2, 0.25) is 0 Å². The Morgan fingerprint density at radius 1 is 1.00 bits per heavy atom. The van der Waals surface area contributed by atoms with Crippen LogP contribution in [0, 0.1) is 0 Å². The monoisotopic (exact) mass is 333 g/mol. The van der Waals surface area contributed by atoms with Crippen LogP contribution in [0.15, 0.2) is 36.7 Å². The molecule has 0 radical (unpaired) electrons. The summed E-state index contributed by atoms with van der Waals surface area (Å²) in [5.41, 5.74) is 2.98. The van der Waals surface area contributed by atoms with Crippen molar-refractivity contribution in [1.82, 2.24) is 13.9 Å². The number of nitrogens with zero attached hydrogens (tertiary/aromatic N) is 2. The number of rotatable bonds is 2. The Morgan fingerprint density at radius 2 is 1.74 bits per heavy atom. The Kier molecular flexibility index (Phi) is 3.81. The molecule has 1 N–H and O–H groups in total. The third-order valence-electron chi connectivity index (χ3n) is 5.41. The van der Waals surface area contributed by atoms with Crippen molar-refractivity contribution >= 4 is 10.2 Å². The quantitative estimate of drug-likeness (QED) is 0.895. The van der Waals surface area contributed by atoms with Crippen LogP contribution in [-0.4, -0.2) is 42.8 Å². The van der Waals surface area contributed by atoms with E-state index in [0.29, 0.717) is 6.04 Å². The van der Waals surface area contributed by atoms with E-state index in [1.165, 1.54) is 28.1 Å². The molecule has 3 aliphatic rings. The first-order valence-electron chi connectivity index (χ1n) is 8.42. The highest BCUT2D eigenvalue weighted by Crippen LogP contribution is 2.28. The SMILES string of the molecule is O=S1(=O)NC=CN1C1CCN(C2CCc3ccccc3C2)CC1. The summed E-state index contributed by atoms with van der Waals surface area (Å²) in [5, 5.41) is 0. The Bertz CT molecular complexity index is 708. The highest BCUT2D eigenvalue weighted by molar-refractivity contribution is 7.87. The van der Waals surface area contributed by atoms with Gasteiger partial charge in [0.1, 0.15) is 0 Å². The summed E-state index contributed by atoms with van der Waals surface area (Å²) in [7, 11) is -3.32. The van der Waals surface area contributed by atoms with Gasteiger partial charge in [0.05, 0.1) is 0 Å². The lowest BCUT2D eigenvalue weighted by Crippen LogP contribution is -2.49. The van der Waals surface area contributed by atoms with Gasteiger partial charge in [-0.3, -0.25) is 13.9 Å². The maximum atomic E-state index is 11.9. The number of likely N-dealkylation sites (tertiary alicyclic amines) is 1. The van der Waals surface area contributed by atoms with Gasteiger partial charge in [-0.15, -0.1) is 0 Å². The summed E-state index contributed by atoms with van der Waals surface area (Å²) < 4.78 is 27.8. The molecule has 1 aliphatic carbocycles. The van der Waals surface area contributed by atoms with E-state index in [2.05, 4.69) is 33.9 Å². The van der Waals surface area contributed by atoms with Gasteiger partial charge in [-0.05, 0) is 43.2 Å². The first-order valence-corrected chi connectivity index (χ1v) is 9.86. The van der Waals surface area contributed by atoms with Gasteiger partial charge < -0.3 is 0 Å². The van der Waals surface area contributed by atoms with Crippen LogP contribution in [0.1, 0.15) is 30.4 Å². The average Bonchev–Trinajstić information content (AvgIpc) is 2.94. The van der Waals surface area contributed by atoms with Crippen LogP contribution in [0.3, 0.4) is 0 Å². The predicted octanol–water partition coefficient (Wildman–Crippen LogP) is 1.63. The minimum atomic E-state index is -3.32. The van der Waals surface area contributed by atoms with Crippen molar-refractivity contribution in [2.75, 3.05) is 13.1 Å². The molecule has 1 atom stereocenters. The summed E-state index contributed by atoms with van der Waals surface area (Å²) in [4.78, 5) is 2.56. The van der Waals surface area contributed by atoms with Gasteiger partial charge in [0.15, 0.2) is 0 Å². The van der Waals surface area contributed by atoms with E-state index in [9.17, 15) is 8.42 Å². The average molecular weight is 333 g/mol. The second-order valence-electron chi connectivity index (χ2n) is 6.70. The maximum Gasteiger partial charge on any atom is 0.323 e. The summed E-state index contributed by atoms with van der Waals surface area (Å²) in [6.07, 6.45) is 8.49. The van der Waals surface area contributed by atoms with Gasteiger partial charge in [0.25, 0.3) is 0 Å². The summed E-state index contributed by atoms with van der Waals surface area (Å²) in [6, 6.07) is 9.46. The fourth-order valence-electron chi connectivity index (χ4n) is 4.14. The highest BCUT2D eigenvalue weighted by atomic mass is 32.2. The Morgan fingerprint density at radius 3 is 2.43 bits per heavy atom. The van der Waals surface area contributed by atoms with Crippen LogP contribution in [0.25, 0.3) is 0 Å². The number of benzene rings is 1. The minimum absolute atomic E-state index is 0.0957. The van der Waals surface area contributed by atoms with Gasteiger partial charge in [0.2, 0.25) is 0 Å². The fourth-order valence-corrected chi connectivity index (χ4v) is 5.32. The van der Waals surface area contributed by atoms with E-state index in [4.69, 9.17) is 0 Å². The van der Waals surface area contributed by atoms with E-state index in [1.807, 2.05) is 0 Å². The van der Waals surface area contributed by atoms with Crippen molar-refractivity contribution in [3.05, 3.63) is 47.8 Å². The van der Waals surface area contributed by atoms with E-state index < -0.39 is 10.2 Å². The largest absolute Gasteiger partial charge is 0.323 e. The highest BCUT2D eigenvalue weighted by Gasteiger charge is 2.34. The number of fused-ring (bicyclic) bond motifs is 1. The molecular weight excluding hydrogens is 310 g/mol. The maximum absolute atomic E-state index is 11.9. The molecule has 0 aromatic heterocycles. The lowest BCUT2D eigenvalue weighted by atomic mass is 9.86. The molecule has 1 saturated heterocycles. The molecule has 0 bridgehead atoms. The standard InChI is InChI=1S/C17H23N3O2S/c21-23(22)18-9-12-20(23)16-7-10-19(11-8-16)17-6-5-14-3-1-2-4-15(14)13-17/h1-4,9,12,16-18H,5-8,10-11,13H2. The van der Waals surface area contributed by atoms with Crippen molar-refractivity contribution in [2.45, 2.75) is 44.2 Å². The second-order valence-corrected chi connectivity index (χ2v) is 8.31. The summed E-state index contributed by atoms with van der Waals surface area (Å²) >= 11 is 0. The topological polar surface area (TPSA) is 52.7 Å². The van der Waals surface area contributed by atoms with Crippen LogP contribution in [0.5, 0.6) is 0 Å². The molecule has 2 heterocycles. The van der Waals surface area contributed by atoms with Gasteiger partial charge in [-0.25, -0.2) is 0 Å². The first kappa shape index (κ1) is 15.0. The minimum Gasteiger partial charge on any atom is -0.300 e. The van der Waals surface area contributed by atoms with E-state index in [0.717, 1.165) is 38.8 Å². The number of piperidine rings is 1. The third-order valence-corrected chi connectivity index (χ3v) is 6.82. The molecule has 6 heteroatoms. The fraction of sp³-hybridized carbons (Fsp3) is 0.529. The van der Waals surface area contributed by atoms with Crippen molar-refractivity contribution in [1.29, 1.82) is 0 Å². The normalized spacial score (nSPS) is 27.7. The Balaban J connectivity index is 1.38. The number of nitrogens with one attached hydrogen (secondary N) is 1. The van der Waals surface area contributed by atoms with Crippen molar-refractivity contribution in [3.8, 4) is 0 Å². The molecule has 1 aromatic carbocycles. The van der Waals surface area contributed by atoms with Crippen LogP contribution >= 0.6 is 0 Å². The molecular formula is C17H23N3O2S. The molecule has 4 rings (SSSR count). The number of hydrogen-bond donors (Lipinski definition) is 1. The second kappa shape index (κ2) is 5.83.